The summed E-state index contributed by atoms with van der Waals surface area (Å²) in [5, 5.41) is 2.64. The zero-order chi connectivity index (χ0) is 25.1. The van der Waals surface area contributed by atoms with Gasteiger partial charge in [0.25, 0.3) is 0 Å². The van der Waals surface area contributed by atoms with Crippen LogP contribution in [0.3, 0.4) is 0 Å². The van der Waals surface area contributed by atoms with Crippen molar-refractivity contribution in [3.63, 3.8) is 0 Å². The van der Waals surface area contributed by atoms with Gasteiger partial charge in [-0.25, -0.2) is 8.42 Å². The van der Waals surface area contributed by atoms with Gasteiger partial charge < -0.3 is 15.0 Å². The number of nitrogens with zero attached hydrogens (tertiary/aromatic N) is 2. The maximum absolute atomic E-state index is 13.3. The molecule has 0 spiro atoms. The number of nitrogens with one attached hydrogen (secondary N) is 1. The fourth-order valence-electron chi connectivity index (χ4n) is 3.79. The van der Waals surface area contributed by atoms with Crippen LogP contribution >= 0.6 is 0 Å². The number of carbonyl (C=O) groups excluding carboxylic acids is 2. The van der Waals surface area contributed by atoms with E-state index < -0.39 is 16.1 Å². The van der Waals surface area contributed by atoms with Crippen LogP contribution in [0.1, 0.15) is 38.7 Å². The molecule has 0 aliphatic rings. The Labute approximate surface area is 202 Å². The Morgan fingerprint density at radius 2 is 1.68 bits per heavy atom. The maximum atomic E-state index is 13.3. The lowest BCUT2D eigenvalue weighted by Gasteiger charge is -2.31. The van der Waals surface area contributed by atoms with Gasteiger partial charge >= 0.3 is 0 Å². The van der Waals surface area contributed by atoms with Crippen molar-refractivity contribution in [2.45, 2.75) is 45.7 Å². The summed E-state index contributed by atoms with van der Waals surface area (Å²) in [7, 11) is -2.05. The number of ether oxygens (including phenoxy) is 1. The van der Waals surface area contributed by atoms with E-state index in [1.54, 1.807) is 36.2 Å². The second-order valence-corrected chi connectivity index (χ2v) is 9.79. The van der Waals surface area contributed by atoms with Gasteiger partial charge in [-0.3, -0.25) is 13.9 Å². The number of hydrogen-bond acceptors (Lipinski definition) is 5. The Morgan fingerprint density at radius 1 is 1.03 bits per heavy atom. The van der Waals surface area contributed by atoms with E-state index in [0.717, 1.165) is 11.8 Å². The number of likely N-dealkylation sites (N-methyl/N-ethyl adjacent to an activating group) is 1. The van der Waals surface area contributed by atoms with Gasteiger partial charge in [0.15, 0.2) is 0 Å². The minimum Gasteiger partial charge on any atom is -0.492 e. The van der Waals surface area contributed by atoms with Gasteiger partial charge in [-0.1, -0.05) is 49.4 Å². The van der Waals surface area contributed by atoms with Gasteiger partial charge in [0.2, 0.25) is 21.8 Å². The SMILES string of the molecule is CCOc1ccccc1N(CCCC(=O)N(Cc1ccccc1)C(CC)C(=O)NC)S(C)(=O)=O. The Hall–Kier alpha value is -3.07. The van der Waals surface area contributed by atoms with Crippen LogP contribution in [0.15, 0.2) is 54.6 Å². The van der Waals surface area contributed by atoms with Crippen molar-refractivity contribution in [1.29, 1.82) is 0 Å². The molecule has 9 heteroatoms. The fraction of sp³-hybridized carbons (Fsp3) is 0.440. The van der Waals surface area contributed by atoms with Crippen LogP contribution in [-0.4, -0.2) is 57.6 Å². The van der Waals surface area contributed by atoms with Gasteiger partial charge in [0.05, 0.1) is 18.6 Å². The van der Waals surface area contributed by atoms with Gasteiger partial charge in [-0.15, -0.1) is 0 Å². The highest BCUT2D eigenvalue weighted by atomic mass is 32.2. The third kappa shape index (κ3) is 7.48. The fourth-order valence-corrected chi connectivity index (χ4v) is 4.76. The van der Waals surface area contributed by atoms with Crippen LogP contribution in [0, 0.1) is 0 Å². The highest BCUT2D eigenvalue weighted by molar-refractivity contribution is 7.92. The number of anilines is 1. The topological polar surface area (TPSA) is 96.0 Å². The van der Waals surface area contributed by atoms with E-state index in [4.69, 9.17) is 4.74 Å². The van der Waals surface area contributed by atoms with Crippen molar-refractivity contribution >= 4 is 27.5 Å². The predicted octanol–water partition coefficient (Wildman–Crippen LogP) is 3.18. The summed E-state index contributed by atoms with van der Waals surface area (Å²) in [5.41, 5.74) is 1.36. The Morgan fingerprint density at radius 3 is 2.26 bits per heavy atom. The van der Waals surface area contributed by atoms with Crippen molar-refractivity contribution in [2.24, 2.45) is 0 Å². The predicted molar refractivity (Wildman–Crippen MR) is 134 cm³/mol. The van der Waals surface area contributed by atoms with Crippen LogP contribution in [0.5, 0.6) is 5.75 Å². The molecule has 8 nitrogen and oxygen atoms in total. The van der Waals surface area contributed by atoms with Crippen molar-refractivity contribution in [3.05, 3.63) is 60.2 Å². The molecular weight excluding hydrogens is 454 g/mol. The number of amides is 2. The molecule has 2 amide bonds. The van der Waals surface area contributed by atoms with Gasteiger partial charge in [0.1, 0.15) is 11.8 Å². The molecule has 0 saturated heterocycles. The van der Waals surface area contributed by atoms with Crippen LogP contribution in [0.2, 0.25) is 0 Å². The first-order valence-electron chi connectivity index (χ1n) is 11.5. The molecule has 2 rings (SSSR count). The number of hydrogen-bond donors (Lipinski definition) is 1. The van der Waals surface area contributed by atoms with E-state index in [-0.39, 0.29) is 24.8 Å². The quantitative estimate of drug-likeness (QED) is 0.466. The number of rotatable bonds is 13. The Kier molecular flexibility index (Phi) is 10.4. The van der Waals surface area contributed by atoms with Crippen molar-refractivity contribution in [3.8, 4) is 5.75 Å². The minimum atomic E-state index is -3.60. The average Bonchev–Trinajstić information content (AvgIpc) is 2.82. The molecular formula is C25H35N3O5S. The standard InChI is InChI=1S/C25H35N3O5S/c1-5-21(25(30)26-3)27(19-20-13-8-7-9-14-20)24(29)17-12-18-28(34(4,31)32)22-15-10-11-16-23(22)33-6-2/h7-11,13-16,21H,5-6,12,17-19H2,1-4H3,(H,26,30). The Balaban J connectivity index is 2.20. The molecule has 186 valence electrons. The van der Waals surface area contributed by atoms with E-state index in [9.17, 15) is 18.0 Å². The van der Waals surface area contributed by atoms with Crippen molar-refractivity contribution < 1.29 is 22.7 Å². The lowest BCUT2D eigenvalue weighted by Crippen LogP contribution is -2.48. The smallest absolute Gasteiger partial charge is 0.242 e. The molecule has 0 aliphatic heterocycles. The van der Waals surface area contributed by atoms with Gasteiger partial charge in [-0.05, 0) is 37.5 Å². The molecule has 0 aromatic heterocycles. The monoisotopic (exact) mass is 489 g/mol. The van der Waals surface area contributed by atoms with Crippen molar-refractivity contribution in [1.82, 2.24) is 10.2 Å². The molecule has 1 atom stereocenters. The summed E-state index contributed by atoms with van der Waals surface area (Å²) in [4.78, 5) is 27.3. The van der Waals surface area contributed by atoms with E-state index in [1.165, 1.54) is 4.31 Å². The second kappa shape index (κ2) is 13.0. The molecule has 34 heavy (non-hydrogen) atoms. The second-order valence-electron chi connectivity index (χ2n) is 7.88. The van der Waals surface area contributed by atoms with Gasteiger partial charge in [0, 0.05) is 26.6 Å². The summed E-state index contributed by atoms with van der Waals surface area (Å²) in [6.45, 7) is 4.51. The van der Waals surface area contributed by atoms with E-state index in [2.05, 4.69) is 5.32 Å². The van der Waals surface area contributed by atoms with Crippen molar-refractivity contribution in [2.75, 3.05) is 30.8 Å². The Bertz CT molecular complexity index is 1040. The van der Waals surface area contributed by atoms with E-state index in [0.29, 0.717) is 37.4 Å². The summed E-state index contributed by atoms with van der Waals surface area (Å²) in [6, 6.07) is 15.8. The molecule has 0 aliphatic carbocycles. The van der Waals surface area contributed by atoms with E-state index in [1.807, 2.05) is 44.2 Å². The summed E-state index contributed by atoms with van der Waals surface area (Å²) < 4.78 is 32.0. The highest BCUT2D eigenvalue weighted by Gasteiger charge is 2.28. The minimum absolute atomic E-state index is 0.100. The number of carbonyl (C=O) groups is 2. The molecule has 1 N–H and O–H groups in total. The summed E-state index contributed by atoms with van der Waals surface area (Å²) in [6.07, 6.45) is 2.00. The molecule has 0 saturated carbocycles. The molecule has 1 unspecified atom stereocenters. The van der Waals surface area contributed by atoms with Crippen LogP contribution in [0.4, 0.5) is 5.69 Å². The lowest BCUT2D eigenvalue weighted by molar-refractivity contribution is -0.141. The maximum Gasteiger partial charge on any atom is 0.242 e. The summed E-state index contributed by atoms with van der Waals surface area (Å²) in [5.74, 6) is 0.0409. The molecule has 0 fully saturated rings. The van der Waals surface area contributed by atoms with Crippen LogP contribution < -0.4 is 14.4 Å². The van der Waals surface area contributed by atoms with E-state index >= 15 is 0 Å². The zero-order valence-corrected chi connectivity index (χ0v) is 21.2. The molecule has 2 aromatic rings. The lowest BCUT2D eigenvalue weighted by atomic mass is 10.1. The number of para-hydroxylation sites is 2. The largest absolute Gasteiger partial charge is 0.492 e. The number of benzene rings is 2. The molecule has 0 radical (unpaired) electrons. The van der Waals surface area contributed by atoms with Crippen LogP contribution in [-0.2, 0) is 26.2 Å². The average molecular weight is 490 g/mol. The summed E-state index contributed by atoms with van der Waals surface area (Å²) >= 11 is 0. The normalized spacial score (nSPS) is 12.0. The molecule has 0 heterocycles. The number of sulfonamides is 1. The van der Waals surface area contributed by atoms with Gasteiger partial charge in [-0.2, -0.15) is 0 Å². The third-order valence-electron chi connectivity index (χ3n) is 5.41. The third-order valence-corrected chi connectivity index (χ3v) is 6.59. The first kappa shape index (κ1) is 27.2. The van der Waals surface area contributed by atoms with Crippen LogP contribution in [0.25, 0.3) is 0 Å². The molecule has 0 bridgehead atoms. The molecule has 2 aromatic carbocycles. The first-order chi connectivity index (χ1) is 16.2. The first-order valence-corrected chi connectivity index (χ1v) is 13.3. The highest BCUT2D eigenvalue weighted by Crippen LogP contribution is 2.30. The zero-order valence-electron chi connectivity index (χ0n) is 20.4.